The zero-order chi connectivity index (χ0) is 23.8. The summed E-state index contributed by atoms with van der Waals surface area (Å²) in [7, 11) is 0. The molecule has 2 aromatic carbocycles. The number of nitriles is 1. The summed E-state index contributed by atoms with van der Waals surface area (Å²) in [5, 5.41) is 21.6. The summed E-state index contributed by atoms with van der Waals surface area (Å²) in [6, 6.07) is 14.0. The molecule has 180 valence electrons. The lowest BCUT2D eigenvalue weighted by Crippen LogP contribution is -2.46. The van der Waals surface area contributed by atoms with Crippen LogP contribution in [0.1, 0.15) is 88.8 Å². The van der Waals surface area contributed by atoms with Crippen LogP contribution >= 0.6 is 0 Å². The van der Waals surface area contributed by atoms with Gasteiger partial charge in [-0.05, 0) is 86.8 Å². The number of piperidine rings is 1. The quantitative estimate of drug-likeness (QED) is 0.536. The summed E-state index contributed by atoms with van der Waals surface area (Å²) in [5.74, 6) is 0.636. The number of nitrogens with zero attached hydrogens (tertiary/aromatic N) is 2. The summed E-state index contributed by atoms with van der Waals surface area (Å²) in [6.07, 6.45) is 9.39. The summed E-state index contributed by atoms with van der Waals surface area (Å²) in [4.78, 5) is 14.2. The van der Waals surface area contributed by atoms with Crippen molar-refractivity contribution in [3.05, 3.63) is 41.5 Å². The van der Waals surface area contributed by atoms with Gasteiger partial charge in [0.1, 0.15) is 17.4 Å². The van der Waals surface area contributed by atoms with Gasteiger partial charge >= 0.3 is 5.97 Å². The molecule has 2 bridgehead atoms. The van der Waals surface area contributed by atoms with E-state index in [2.05, 4.69) is 49.1 Å². The molecule has 2 aromatic rings. The Labute approximate surface area is 202 Å². The molecule has 1 N–H and O–H groups in total. The molecule has 1 aliphatic carbocycles. The van der Waals surface area contributed by atoms with Gasteiger partial charge in [-0.15, -0.1) is 0 Å². The van der Waals surface area contributed by atoms with Crippen LogP contribution in [0.3, 0.4) is 0 Å². The van der Waals surface area contributed by atoms with Gasteiger partial charge in [0.25, 0.3) is 0 Å². The van der Waals surface area contributed by atoms with E-state index in [0.29, 0.717) is 23.4 Å². The van der Waals surface area contributed by atoms with Gasteiger partial charge in [0, 0.05) is 23.5 Å². The molecule has 5 heteroatoms. The molecule has 3 atom stereocenters. The molecule has 2 aliphatic heterocycles. The van der Waals surface area contributed by atoms with Gasteiger partial charge in [-0.2, -0.15) is 5.26 Å². The second kappa shape index (κ2) is 9.58. The number of carboxylic acids is 1. The molecule has 2 heterocycles. The van der Waals surface area contributed by atoms with E-state index in [9.17, 15) is 15.2 Å². The van der Waals surface area contributed by atoms with Crippen molar-refractivity contribution in [1.29, 1.82) is 5.26 Å². The smallest absolute Gasteiger partial charge is 0.306 e. The number of aliphatic carboxylic acids is 1. The monoisotopic (exact) mass is 460 g/mol. The van der Waals surface area contributed by atoms with Crippen LogP contribution in [-0.4, -0.2) is 34.2 Å². The molecular weight excluding hydrogens is 424 g/mol. The Bertz CT molecular complexity index is 1080. The van der Waals surface area contributed by atoms with Crippen molar-refractivity contribution >= 4 is 16.7 Å². The lowest BCUT2D eigenvalue weighted by Gasteiger charge is -2.42. The van der Waals surface area contributed by atoms with Crippen LogP contribution in [0.4, 0.5) is 0 Å². The average molecular weight is 461 g/mol. The highest BCUT2D eigenvalue weighted by Gasteiger charge is 2.45. The highest BCUT2D eigenvalue weighted by molar-refractivity contribution is 5.90. The first-order valence-electron chi connectivity index (χ1n) is 13.1. The van der Waals surface area contributed by atoms with Crippen molar-refractivity contribution in [2.75, 3.05) is 0 Å². The minimum absolute atomic E-state index is 0.202. The van der Waals surface area contributed by atoms with Crippen molar-refractivity contribution in [2.45, 2.75) is 95.9 Å². The van der Waals surface area contributed by atoms with Gasteiger partial charge in [0.15, 0.2) is 0 Å². The summed E-state index contributed by atoms with van der Waals surface area (Å²) in [6.45, 7) is 4.52. The number of carbonyl (C=O) groups is 1. The minimum Gasteiger partial charge on any atom is -0.489 e. The fraction of sp³-hybridized carbons (Fsp3) is 0.586. The molecule has 34 heavy (non-hydrogen) atoms. The molecule has 0 spiro atoms. The first-order chi connectivity index (χ1) is 16.5. The maximum absolute atomic E-state index is 11.6. The Morgan fingerprint density at radius 1 is 1.12 bits per heavy atom. The topological polar surface area (TPSA) is 73.6 Å². The largest absolute Gasteiger partial charge is 0.489 e. The molecule has 2 saturated heterocycles. The van der Waals surface area contributed by atoms with Crippen molar-refractivity contribution in [1.82, 2.24) is 4.90 Å². The van der Waals surface area contributed by atoms with E-state index in [1.807, 2.05) is 6.07 Å². The predicted octanol–water partition coefficient (Wildman–Crippen LogP) is 6.45. The Hall–Kier alpha value is -2.58. The number of hydrogen-bond acceptors (Lipinski definition) is 4. The van der Waals surface area contributed by atoms with E-state index >= 15 is 0 Å². The van der Waals surface area contributed by atoms with E-state index in [1.54, 1.807) is 0 Å². The third kappa shape index (κ3) is 4.29. The van der Waals surface area contributed by atoms with E-state index in [-0.39, 0.29) is 18.1 Å². The van der Waals surface area contributed by atoms with E-state index in [0.717, 1.165) is 61.6 Å². The van der Waals surface area contributed by atoms with Crippen LogP contribution < -0.4 is 4.74 Å². The highest BCUT2D eigenvalue weighted by atomic mass is 16.5. The Balaban J connectivity index is 1.40. The maximum Gasteiger partial charge on any atom is 0.306 e. The van der Waals surface area contributed by atoms with Crippen LogP contribution in [0.25, 0.3) is 10.8 Å². The molecule has 5 rings (SSSR count). The summed E-state index contributed by atoms with van der Waals surface area (Å²) >= 11 is 0. The molecular formula is C29H36N2O3. The van der Waals surface area contributed by atoms with Gasteiger partial charge in [0.05, 0.1) is 12.0 Å². The number of fused-ring (bicyclic) bond motifs is 3. The zero-order valence-corrected chi connectivity index (χ0v) is 20.4. The third-order valence-electron chi connectivity index (χ3n) is 8.64. The van der Waals surface area contributed by atoms with Crippen molar-refractivity contribution in [3.8, 4) is 11.8 Å². The predicted molar refractivity (Wildman–Crippen MR) is 133 cm³/mol. The zero-order valence-electron chi connectivity index (χ0n) is 20.4. The van der Waals surface area contributed by atoms with Crippen LogP contribution in [0, 0.1) is 23.2 Å². The lowest BCUT2D eigenvalue weighted by atomic mass is 9.87. The second-order valence-electron chi connectivity index (χ2n) is 10.8. The van der Waals surface area contributed by atoms with Gasteiger partial charge < -0.3 is 9.84 Å². The van der Waals surface area contributed by atoms with Crippen LogP contribution in [-0.2, 0) is 4.79 Å². The lowest BCUT2D eigenvalue weighted by molar-refractivity contribution is -0.144. The average Bonchev–Trinajstić information content (AvgIpc) is 3.08. The van der Waals surface area contributed by atoms with E-state index in [4.69, 9.17) is 4.74 Å². The van der Waals surface area contributed by atoms with Crippen LogP contribution in [0.5, 0.6) is 5.75 Å². The van der Waals surface area contributed by atoms with Gasteiger partial charge in [0.2, 0.25) is 0 Å². The Morgan fingerprint density at radius 3 is 2.44 bits per heavy atom. The molecule has 1 saturated carbocycles. The highest BCUT2D eigenvalue weighted by Crippen LogP contribution is 2.45. The molecule has 3 aliphatic rings. The molecule has 0 aromatic heterocycles. The van der Waals surface area contributed by atoms with E-state index in [1.165, 1.54) is 18.4 Å². The van der Waals surface area contributed by atoms with Gasteiger partial charge in [-0.25, -0.2) is 0 Å². The summed E-state index contributed by atoms with van der Waals surface area (Å²) in [5.41, 5.74) is 1.90. The van der Waals surface area contributed by atoms with Crippen LogP contribution in [0.2, 0.25) is 0 Å². The van der Waals surface area contributed by atoms with Crippen molar-refractivity contribution in [3.63, 3.8) is 0 Å². The number of benzene rings is 2. The minimum atomic E-state index is -0.639. The number of ether oxygens (including phenoxy) is 1. The van der Waals surface area contributed by atoms with Crippen molar-refractivity contribution in [2.24, 2.45) is 11.8 Å². The normalized spacial score (nSPS) is 30.1. The summed E-state index contributed by atoms with van der Waals surface area (Å²) < 4.78 is 6.31. The fourth-order valence-electron chi connectivity index (χ4n) is 6.82. The molecule has 5 nitrogen and oxygen atoms in total. The third-order valence-corrected chi connectivity index (χ3v) is 8.64. The molecule has 3 fully saturated rings. The standard InChI is InChI=1S/C29H36N2O3/c1-3-27(31-22-8-9-23(31)16-21(15-22)29(32)33)20-6-12-25-19(14-20)7-13-28(26(25)17-30)34-24-10-4-18(2)5-11-24/h6-7,12-14,18,21-24,27H,3-5,8-11,15-16H2,1-2H3,(H,32,33). The first-order valence-corrected chi connectivity index (χ1v) is 13.1. The molecule has 0 radical (unpaired) electrons. The van der Waals surface area contributed by atoms with Crippen LogP contribution in [0.15, 0.2) is 30.3 Å². The fourth-order valence-corrected chi connectivity index (χ4v) is 6.82. The van der Waals surface area contributed by atoms with Crippen molar-refractivity contribution < 1.29 is 14.6 Å². The number of hydrogen-bond donors (Lipinski definition) is 1. The maximum atomic E-state index is 11.6. The van der Waals surface area contributed by atoms with Gasteiger partial charge in [-0.1, -0.05) is 32.0 Å². The van der Waals surface area contributed by atoms with E-state index < -0.39 is 5.97 Å². The first kappa shape index (κ1) is 23.2. The number of rotatable bonds is 6. The SMILES string of the molecule is CCC(c1ccc2c(C#N)c(OC3CCC(C)CC3)ccc2c1)N1C2CCC1CC(C(=O)O)C2. The number of carboxylic acid groups (broad SMARTS) is 1. The molecule has 0 amide bonds. The van der Waals surface area contributed by atoms with Gasteiger partial charge in [-0.3, -0.25) is 9.69 Å². The Kier molecular flexibility index (Phi) is 6.53. The second-order valence-corrected chi connectivity index (χ2v) is 10.8. The molecule has 3 unspecified atom stereocenters. The Morgan fingerprint density at radius 2 is 1.82 bits per heavy atom.